The lowest BCUT2D eigenvalue weighted by atomic mass is 10.1. The van der Waals surface area contributed by atoms with Crippen molar-refractivity contribution in [3.8, 4) is 0 Å². The van der Waals surface area contributed by atoms with E-state index in [-0.39, 0.29) is 6.61 Å². The SMILES string of the molecule is NCCCOC1C(=O)C(=O)O[C@@H]1[C@H](CO)OP(=O)(O)O. The van der Waals surface area contributed by atoms with E-state index in [1.807, 2.05) is 0 Å². The first-order chi connectivity index (χ1) is 9.30. The van der Waals surface area contributed by atoms with Gasteiger partial charge in [0, 0.05) is 6.61 Å². The average Bonchev–Trinajstić information content (AvgIpc) is 2.63. The Kier molecular flexibility index (Phi) is 6.21. The normalized spacial score (nSPS) is 24.8. The summed E-state index contributed by atoms with van der Waals surface area (Å²) in [6.07, 6.45) is -3.98. The second-order valence-electron chi connectivity index (χ2n) is 3.98. The largest absolute Gasteiger partial charge is 0.470 e. The van der Waals surface area contributed by atoms with Crippen molar-refractivity contribution in [3.05, 3.63) is 0 Å². The van der Waals surface area contributed by atoms with Gasteiger partial charge in [0.15, 0.2) is 12.2 Å². The minimum absolute atomic E-state index is 0.0497. The van der Waals surface area contributed by atoms with Crippen LogP contribution < -0.4 is 5.73 Å². The molecular weight excluding hydrogens is 297 g/mol. The number of hydrogen-bond donors (Lipinski definition) is 4. The molecule has 0 aromatic rings. The first kappa shape index (κ1) is 17.2. The van der Waals surface area contributed by atoms with Crippen LogP contribution >= 0.6 is 7.82 Å². The number of esters is 1. The molecule has 0 amide bonds. The van der Waals surface area contributed by atoms with Crippen molar-refractivity contribution in [1.29, 1.82) is 0 Å². The third-order valence-corrected chi connectivity index (χ3v) is 3.01. The fourth-order valence-electron chi connectivity index (χ4n) is 1.62. The van der Waals surface area contributed by atoms with Gasteiger partial charge in [-0.05, 0) is 13.0 Å². The summed E-state index contributed by atoms with van der Waals surface area (Å²) in [5, 5.41) is 9.07. The quantitative estimate of drug-likeness (QED) is 0.165. The highest BCUT2D eigenvalue weighted by Gasteiger charge is 2.50. The number of carbonyl (C=O) groups excluding carboxylic acids is 2. The molecule has 1 rings (SSSR count). The summed E-state index contributed by atoms with van der Waals surface area (Å²) in [7, 11) is -4.93. The molecule has 0 aromatic carbocycles. The number of ketones is 1. The molecule has 1 saturated heterocycles. The molecule has 0 saturated carbocycles. The number of aliphatic hydroxyl groups excluding tert-OH is 1. The maximum absolute atomic E-state index is 11.5. The third-order valence-electron chi connectivity index (χ3n) is 2.47. The minimum atomic E-state index is -4.93. The van der Waals surface area contributed by atoms with E-state index in [4.69, 9.17) is 25.4 Å². The van der Waals surface area contributed by atoms with E-state index in [1.54, 1.807) is 0 Å². The van der Waals surface area contributed by atoms with Gasteiger partial charge in [0.05, 0.1) is 6.61 Å². The number of carbonyl (C=O) groups is 2. The zero-order chi connectivity index (χ0) is 15.3. The Morgan fingerprint density at radius 3 is 2.55 bits per heavy atom. The fourth-order valence-corrected chi connectivity index (χ4v) is 2.16. The smallest absolute Gasteiger partial charge is 0.450 e. The van der Waals surface area contributed by atoms with Crippen LogP contribution in [0.3, 0.4) is 0 Å². The van der Waals surface area contributed by atoms with E-state index in [0.717, 1.165) is 0 Å². The van der Waals surface area contributed by atoms with Crippen molar-refractivity contribution in [2.24, 2.45) is 5.73 Å². The number of ether oxygens (including phenoxy) is 2. The van der Waals surface area contributed by atoms with Gasteiger partial charge in [-0.1, -0.05) is 0 Å². The highest BCUT2D eigenvalue weighted by molar-refractivity contribution is 7.46. The van der Waals surface area contributed by atoms with Gasteiger partial charge in [-0.2, -0.15) is 0 Å². The highest BCUT2D eigenvalue weighted by Crippen LogP contribution is 2.39. The zero-order valence-electron chi connectivity index (χ0n) is 10.4. The lowest BCUT2D eigenvalue weighted by molar-refractivity contribution is -0.151. The molecule has 20 heavy (non-hydrogen) atoms. The van der Waals surface area contributed by atoms with E-state index in [1.165, 1.54) is 0 Å². The molecule has 1 heterocycles. The van der Waals surface area contributed by atoms with Crippen molar-refractivity contribution < 1.29 is 43.0 Å². The average molecular weight is 313 g/mol. The molecule has 1 aliphatic heterocycles. The number of Topliss-reactive ketones (excluding diaryl/α,β-unsaturated/α-hetero) is 1. The Morgan fingerprint density at radius 1 is 1.40 bits per heavy atom. The number of rotatable bonds is 8. The van der Waals surface area contributed by atoms with Crippen molar-refractivity contribution in [3.63, 3.8) is 0 Å². The van der Waals surface area contributed by atoms with E-state index < -0.39 is 44.5 Å². The van der Waals surface area contributed by atoms with Gasteiger partial charge in [0.1, 0.15) is 6.10 Å². The van der Waals surface area contributed by atoms with E-state index in [2.05, 4.69) is 9.26 Å². The van der Waals surface area contributed by atoms with E-state index >= 15 is 0 Å². The molecule has 0 aromatic heterocycles. The molecule has 1 aliphatic rings. The van der Waals surface area contributed by atoms with Gasteiger partial charge in [-0.3, -0.25) is 9.32 Å². The predicted octanol–water partition coefficient (Wildman–Crippen LogP) is -2.31. The Balaban J connectivity index is 2.79. The monoisotopic (exact) mass is 313 g/mol. The lowest BCUT2D eigenvalue weighted by Gasteiger charge is -2.24. The molecule has 0 radical (unpaired) electrons. The second kappa shape index (κ2) is 7.23. The number of nitrogens with two attached hydrogens (primary N) is 1. The molecule has 5 N–H and O–H groups in total. The molecule has 116 valence electrons. The van der Waals surface area contributed by atoms with Crippen LogP contribution in [-0.2, 0) is 28.2 Å². The fraction of sp³-hybridized carbons (Fsp3) is 0.778. The summed E-state index contributed by atoms with van der Waals surface area (Å²) >= 11 is 0. The Labute approximate surface area is 114 Å². The van der Waals surface area contributed by atoms with Crippen molar-refractivity contribution in [2.75, 3.05) is 19.8 Å². The van der Waals surface area contributed by atoms with Crippen LogP contribution in [0.15, 0.2) is 0 Å². The molecule has 11 heteroatoms. The number of phosphoric ester groups is 1. The third kappa shape index (κ3) is 4.60. The molecule has 1 unspecified atom stereocenters. The van der Waals surface area contributed by atoms with Crippen molar-refractivity contribution >= 4 is 19.6 Å². The maximum Gasteiger partial charge on any atom is 0.470 e. The van der Waals surface area contributed by atoms with Crippen molar-refractivity contribution in [2.45, 2.75) is 24.7 Å². The van der Waals surface area contributed by atoms with Gasteiger partial charge in [0.25, 0.3) is 5.78 Å². The summed E-state index contributed by atoms with van der Waals surface area (Å²) in [6, 6.07) is 0. The topological polar surface area (TPSA) is 166 Å². The molecule has 10 nitrogen and oxygen atoms in total. The van der Waals surface area contributed by atoms with Gasteiger partial charge in [0.2, 0.25) is 0 Å². The van der Waals surface area contributed by atoms with Crippen LogP contribution in [0.1, 0.15) is 6.42 Å². The molecule has 1 fully saturated rings. The van der Waals surface area contributed by atoms with Gasteiger partial charge in [-0.25, -0.2) is 9.36 Å². The van der Waals surface area contributed by atoms with Crippen LogP contribution in [0, 0.1) is 0 Å². The molecule has 0 bridgehead atoms. The first-order valence-corrected chi connectivity index (χ1v) is 7.24. The number of phosphoric acid groups is 1. The standard InChI is InChI=1S/C9H16NO9P/c10-2-1-3-17-8-6(12)9(13)18-7(8)5(4-11)19-20(14,15)16/h5,7-8,11H,1-4,10H2,(H2,14,15,16)/t5-,7+,8?/m0/s1. The van der Waals surface area contributed by atoms with E-state index in [0.29, 0.717) is 13.0 Å². The van der Waals surface area contributed by atoms with E-state index in [9.17, 15) is 14.2 Å². The Hall–Kier alpha value is -0.870. The number of cyclic esters (lactones) is 1. The predicted molar refractivity (Wildman–Crippen MR) is 62.3 cm³/mol. The van der Waals surface area contributed by atoms with Gasteiger partial charge >= 0.3 is 13.8 Å². The first-order valence-electron chi connectivity index (χ1n) is 5.71. The van der Waals surface area contributed by atoms with Crippen LogP contribution in [0.25, 0.3) is 0 Å². The van der Waals surface area contributed by atoms with Crippen LogP contribution in [0.4, 0.5) is 0 Å². The van der Waals surface area contributed by atoms with Gasteiger partial charge in [-0.15, -0.1) is 0 Å². The van der Waals surface area contributed by atoms with Crippen molar-refractivity contribution in [1.82, 2.24) is 0 Å². The summed E-state index contributed by atoms with van der Waals surface area (Å²) < 4.78 is 24.8. The second-order valence-corrected chi connectivity index (χ2v) is 5.18. The number of aliphatic hydroxyl groups is 1. The Bertz CT molecular complexity index is 408. The zero-order valence-corrected chi connectivity index (χ0v) is 11.3. The Morgan fingerprint density at radius 2 is 2.05 bits per heavy atom. The summed E-state index contributed by atoms with van der Waals surface area (Å²) in [6.45, 7) is -0.524. The number of hydrogen-bond acceptors (Lipinski definition) is 8. The molecule has 0 aliphatic carbocycles. The summed E-state index contributed by atoms with van der Waals surface area (Å²) in [5.41, 5.74) is 5.25. The maximum atomic E-state index is 11.5. The summed E-state index contributed by atoms with van der Waals surface area (Å²) in [4.78, 5) is 40.2. The van der Waals surface area contributed by atoms with Crippen LogP contribution in [0.5, 0.6) is 0 Å². The molecule has 3 atom stereocenters. The van der Waals surface area contributed by atoms with Crippen LogP contribution in [0.2, 0.25) is 0 Å². The highest BCUT2D eigenvalue weighted by atomic mass is 31.2. The summed E-state index contributed by atoms with van der Waals surface area (Å²) in [5.74, 6) is -2.21. The molecule has 0 spiro atoms. The molecular formula is C9H16NO9P. The minimum Gasteiger partial charge on any atom is -0.450 e. The van der Waals surface area contributed by atoms with Crippen LogP contribution in [-0.4, -0.2) is 64.7 Å². The van der Waals surface area contributed by atoms with Gasteiger partial charge < -0.3 is 30.1 Å². The lowest BCUT2D eigenvalue weighted by Crippen LogP contribution is -2.42.